The second-order valence-corrected chi connectivity index (χ2v) is 7.86. The Bertz CT molecular complexity index is 1040. The van der Waals surface area contributed by atoms with E-state index in [1.165, 1.54) is 4.90 Å². The van der Waals surface area contributed by atoms with Gasteiger partial charge in [0.15, 0.2) is 11.5 Å². The number of Topliss-reactive ketones (excluding diaryl/α,β-unsaturated/α-hetero) is 1. The predicted octanol–water partition coefficient (Wildman–Crippen LogP) is 3.06. The number of ether oxygens (including phenoxy) is 3. The molecular formula is C24H23NO6. The van der Waals surface area contributed by atoms with Crippen LogP contribution in [0.15, 0.2) is 54.1 Å². The van der Waals surface area contributed by atoms with E-state index in [1.807, 2.05) is 30.3 Å². The summed E-state index contributed by atoms with van der Waals surface area (Å²) in [6.45, 7) is 1.83. The number of carbonyl (C=O) groups is 2. The van der Waals surface area contributed by atoms with Crippen LogP contribution in [0, 0.1) is 0 Å². The summed E-state index contributed by atoms with van der Waals surface area (Å²) < 4.78 is 16.9. The van der Waals surface area contributed by atoms with Crippen LogP contribution in [0.1, 0.15) is 30.0 Å². The summed E-state index contributed by atoms with van der Waals surface area (Å²) in [5.74, 6) is -0.455. The zero-order chi connectivity index (χ0) is 21.4. The maximum atomic E-state index is 13.1. The average Bonchev–Trinajstić information content (AvgIpc) is 3.41. The quantitative estimate of drug-likeness (QED) is 0.464. The highest BCUT2D eigenvalue weighted by molar-refractivity contribution is 6.46. The van der Waals surface area contributed by atoms with Crippen LogP contribution >= 0.6 is 0 Å². The standard InChI is InChI=1S/C24H23NO6/c26-22(16-8-9-18-19(13-16)31-12-11-30-18)20-21(15-5-2-1-3-6-15)25(24(28)23(20)27)14-17-7-4-10-29-17/h1-3,5-6,8-9,13,17,21,26H,4,7,10-12,14H2/b22-20+. The Kier molecular flexibility index (Phi) is 5.11. The molecule has 0 spiro atoms. The van der Waals surface area contributed by atoms with Gasteiger partial charge in [-0.05, 0) is 36.6 Å². The van der Waals surface area contributed by atoms with E-state index in [0.29, 0.717) is 43.4 Å². The molecular weight excluding hydrogens is 398 g/mol. The molecule has 3 heterocycles. The number of aliphatic hydroxyl groups is 1. The van der Waals surface area contributed by atoms with Crippen LogP contribution in [0.2, 0.25) is 0 Å². The van der Waals surface area contributed by atoms with Gasteiger partial charge in [0.1, 0.15) is 19.0 Å². The largest absolute Gasteiger partial charge is 0.507 e. The summed E-state index contributed by atoms with van der Waals surface area (Å²) in [7, 11) is 0. The molecule has 2 aromatic carbocycles. The van der Waals surface area contributed by atoms with Crippen LogP contribution in [0.3, 0.4) is 0 Å². The summed E-state index contributed by atoms with van der Waals surface area (Å²) in [6, 6.07) is 13.6. The van der Waals surface area contributed by atoms with Crippen molar-refractivity contribution in [3.63, 3.8) is 0 Å². The molecule has 2 unspecified atom stereocenters. The van der Waals surface area contributed by atoms with E-state index in [9.17, 15) is 14.7 Å². The van der Waals surface area contributed by atoms with E-state index in [2.05, 4.69) is 0 Å². The Morgan fingerprint density at radius 3 is 2.52 bits per heavy atom. The van der Waals surface area contributed by atoms with E-state index >= 15 is 0 Å². The van der Waals surface area contributed by atoms with E-state index in [0.717, 1.165) is 18.4 Å². The fourth-order valence-electron chi connectivity index (χ4n) is 4.40. The van der Waals surface area contributed by atoms with Crippen LogP contribution in [0.4, 0.5) is 0 Å². The lowest BCUT2D eigenvalue weighted by Gasteiger charge is -2.27. The van der Waals surface area contributed by atoms with Crippen molar-refractivity contribution in [2.45, 2.75) is 25.0 Å². The van der Waals surface area contributed by atoms with Crippen molar-refractivity contribution in [3.8, 4) is 11.5 Å². The van der Waals surface area contributed by atoms with E-state index < -0.39 is 17.7 Å². The van der Waals surface area contributed by atoms with Crippen LogP contribution in [0.25, 0.3) is 5.76 Å². The first kappa shape index (κ1) is 19.6. The normalized spacial score (nSPS) is 24.6. The highest BCUT2D eigenvalue weighted by atomic mass is 16.6. The Hall–Kier alpha value is -3.32. The van der Waals surface area contributed by atoms with Crippen molar-refractivity contribution < 1.29 is 28.9 Å². The minimum atomic E-state index is -0.695. The second kappa shape index (κ2) is 8.07. The molecule has 3 aliphatic rings. The fraction of sp³-hybridized carbons (Fsp3) is 0.333. The van der Waals surface area contributed by atoms with Crippen molar-refractivity contribution >= 4 is 17.4 Å². The van der Waals surface area contributed by atoms with Gasteiger partial charge >= 0.3 is 0 Å². The molecule has 7 heteroatoms. The first-order valence-corrected chi connectivity index (χ1v) is 10.5. The van der Waals surface area contributed by atoms with E-state index in [-0.39, 0.29) is 17.4 Å². The highest BCUT2D eigenvalue weighted by Gasteiger charge is 2.47. The number of likely N-dealkylation sites (tertiary alicyclic amines) is 1. The molecule has 7 nitrogen and oxygen atoms in total. The summed E-state index contributed by atoms with van der Waals surface area (Å²) >= 11 is 0. The average molecular weight is 421 g/mol. The molecule has 0 saturated carbocycles. The maximum Gasteiger partial charge on any atom is 0.295 e. The van der Waals surface area contributed by atoms with Gasteiger partial charge in [-0.15, -0.1) is 0 Å². The first-order chi connectivity index (χ1) is 15.1. The Morgan fingerprint density at radius 1 is 1.00 bits per heavy atom. The summed E-state index contributed by atoms with van der Waals surface area (Å²) in [6.07, 6.45) is 1.66. The molecule has 3 aliphatic heterocycles. The minimum Gasteiger partial charge on any atom is -0.507 e. The first-order valence-electron chi connectivity index (χ1n) is 10.5. The van der Waals surface area contributed by atoms with Gasteiger partial charge in [0.2, 0.25) is 0 Å². The number of benzene rings is 2. The second-order valence-electron chi connectivity index (χ2n) is 7.86. The molecule has 1 N–H and O–H groups in total. The lowest BCUT2D eigenvalue weighted by atomic mass is 9.95. The van der Waals surface area contributed by atoms with Gasteiger partial charge < -0.3 is 24.2 Å². The molecule has 2 fully saturated rings. The van der Waals surface area contributed by atoms with Crippen molar-refractivity contribution in [1.82, 2.24) is 4.90 Å². The number of hydrogen-bond acceptors (Lipinski definition) is 6. The van der Waals surface area contributed by atoms with Gasteiger partial charge in [0.25, 0.3) is 11.7 Å². The summed E-state index contributed by atoms with van der Waals surface area (Å²) in [5, 5.41) is 11.2. The minimum absolute atomic E-state index is 0.0749. The molecule has 0 radical (unpaired) electrons. The third-order valence-electron chi connectivity index (χ3n) is 5.90. The monoisotopic (exact) mass is 421 g/mol. The smallest absolute Gasteiger partial charge is 0.295 e. The number of fused-ring (bicyclic) bond motifs is 1. The van der Waals surface area contributed by atoms with E-state index in [1.54, 1.807) is 18.2 Å². The van der Waals surface area contributed by atoms with Crippen molar-refractivity contribution in [2.24, 2.45) is 0 Å². The van der Waals surface area contributed by atoms with Gasteiger partial charge in [-0.3, -0.25) is 9.59 Å². The number of aliphatic hydroxyl groups excluding tert-OH is 1. The van der Waals surface area contributed by atoms with Gasteiger partial charge in [-0.1, -0.05) is 30.3 Å². The van der Waals surface area contributed by atoms with E-state index in [4.69, 9.17) is 14.2 Å². The SMILES string of the molecule is O=C1C(=O)N(CC2CCCO2)C(c2ccccc2)/C1=C(\O)c1ccc2c(c1)OCCO2. The molecule has 2 aromatic rings. The van der Waals surface area contributed by atoms with Gasteiger partial charge in [-0.2, -0.15) is 0 Å². The maximum absolute atomic E-state index is 13.1. The Morgan fingerprint density at radius 2 is 1.77 bits per heavy atom. The molecule has 2 saturated heterocycles. The number of rotatable bonds is 4. The van der Waals surface area contributed by atoms with Gasteiger partial charge in [0, 0.05) is 18.7 Å². The van der Waals surface area contributed by atoms with Crippen LogP contribution in [0.5, 0.6) is 11.5 Å². The number of ketones is 1. The molecule has 0 aliphatic carbocycles. The molecule has 2 atom stereocenters. The topological polar surface area (TPSA) is 85.3 Å². The zero-order valence-corrected chi connectivity index (χ0v) is 17.0. The molecule has 0 aromatic heterocycles. The molecule has 160 valence electrons. The lowest BCUT2D eigenvalue weighted by molar-refractivity contribution is -0.140. The van der Waals surface area contributed by atoms with Crippen molar-refractivity contribution in [3.05, 3.63) is 65.2 Å². The van der Waals surface area contributed by atoms with Crippen molar-refractivity contribution in [2.75, 3.05) is 26.4 Å². The third kappa shape index (κ3) is 3.55. The predicted molar refractivity (Wildman–Crippen MR) is 112 cm³/mol. The number of nitrogens with zero attached hydrogens (tertiary/aromatic N) is 1. The molecule has 31 heavy (non-hydrogen) atoms. The fourth-order valence-corrected chi connectivity index (χ4v) is 4.40. The molecule has 5 rings (SSSR count). The van der Waals surface area contributed by atoms with Crippen molar-refractivity contribution in [1.29, 1.82) is 0 Å². The molecule has 1 amide bonds. The number of hydrogen-bond donors (Lipinski definition) is 1. The van der Waals surface area contributed by atoms with Crippen LogP contribution in [-0.2, 0) is 14.3 Å². The third-order valence-corrected chi connectivity index (χ3v) is 5.90. The zero-order valence-electron chi connectivity index (χ0n) is 17.0. The Labute approximate surface area is 179 Å². The summed E-state index contributed by atoms with van der Waals surface area (Å²) in [5.41, 5.74) is 1.24. The highest BCUT2D eigenvalue weighted by Crippen LogP contribution is 2.41. The number of carbonyl (C=O) groups excluding carboxylic acids is 2. The molecule has 0 bridgehead atoms. The lowest BCUT2D eigenvalue weighted by Crippen LogP contribution is -2.36. The van der Waals surface area contributed by atoms with Crippen LogP contribution in [-0.4, -0.2) is 54.2 Å². The number of amides is 1. The van der Waals surface area contributed by atoms with Crippen LogP contribution < -0.4 is 9.47 Å². The van der Waals surface area contributed by atoms with Gasteiger partial charge in [0.05, 0.1) is 17.7 Å². The van der Waals surface area contributed by atoms with Gasteiger partial charge in [-0.25, -0.2) is 0 Å². The summed E-state index contributed by atoms with van der Waals surface area (Å²) in [4.78, 5) is 27.6. The Balaban J connectivity index is 1.59.